The fraction of sp³-hybridized carbons (Fsp3) is 0.909. The third-order valence-electron chi connectivity index (χ3n) is 2.61. The summed E-state index contributed by atoms with van der Waals surface area (Å²) in [6, 6.07) is 0. The van der Waals surface area contributed by atoms with Gasteiger partial charge in [0.25, 0.3) is 0 Å². The summed E-state index contributed by atoms with van der Waals surface area (Å²) >= 11 is 0. The molecule has 0 bridgehead atoms. The van der Waals surface area contributed by atoms with Gasteiger partial charge in [-0.25, -0.2) is 0 Å². The monoisotopic (exact) mass is 217 g/mol. The van der Waals surface area contributed by atoms with Gasteiger partial charge >= 0.3 is 5.97 Å². The first kappa shape index (κ1) is 14.4. The molecule has 0 aliphatic heterocycles. The number of rotatable bonds is 8. The lowest BCUT2D eigenvalue weighted by Gasteiger charge is -2.19. The van der Waals surface area contributed by atoms with E-state index in [2.05, 4.69) is 6.92 Å². The van der Waals surface area contributed by atoms with Gasteiger partial charge in [-0.05, 0) is 32.6 Å². The van der Waals surface area contributed by atoms with E-state index in [1.54, 1.807) is 0 Å². The molecule has 2 atom stereocenters. The molecule has 4 nitrogen and oxygen atoms in total. The second kappa shape index (κ2) is 6.80. The first-order valence-electron chi connectivity index (χ1n) is 5.60. The van der Waals surface area contributed by atoms with Crippen LogP contribution in [0, 0.1) is 0 Å². The molecular weight excluding hydrogens is 194 g/mol. The minimum Gasteiger partial charge on any atom is -0.480 e. The van der Waals surface area contributed by atoms with E-state index >= 15 is 0 Å². The molecule has 90 valence electrons. The fourth-order valence-electron chi connectivity index (χ4n) is 1.40. The number of aliphatic hydroxyl groups excluding tert-OH is 1. The number of unbranched alkanes of at least 4 members (excludes halogenated alkanes) is 1. The zero-order chi connectivity index (χ0) is 11.9. The van der Waals surface area contributed by atoms with Crippen LogP contribution >= 0.6 is 0 Å². The maximum absolute atomic E-state index is 10.7. The largest absolute Gasteiger partial charge is 0.480 e. The van der Waals surface area contributed by atoms with Gasteiger partial charge in [-0.1, -0.05) is 19.8 Å². The summed E-state index contributed by atoms with van der Waals surface area (Å²) in [5.74, 6) is -0.981. The minimum atomic E-state index is -1.16. The Kier molecular flexibility index (Phi) is 6.52. The van der Waals surface area contributed by atoms with E-state index < -0.39 is 11.5 Å². The quantitative estimate of drug-likeness (QED) is 0.575. The van der Waals surface area contributed by atoms with E-state index in [4.69, 9.17) is 10.8 Å². The Morgan fingerprint density at radius 2 is 1.93 bits per heavy atom. The SMILES string of the molecule is CCCCC(O)CCCC(C)(N)C(=O)O. The van der Waals surface area contributed by atoms with Crippen LogP contribution in [0.3, 0.4) is 0 Å². The Balaban J connectivity index is 3.65. The van der Waals surface area contributed by atoms with E-state index in [9.17, 15) is 9.90 Å². The Hall–Kier alpha value is -0.610. The van der Waals surface area contributed by atoms with Crippen molar-refractivity contribution in [1.29, 1.82) is 0 Å². The van der Waals surface area contributed by atoms with Crippen LogP contribution in [-0.4, -0.2) is 27.8 Å². The molecule has 0 rings (SSSR count). The molecule has 0 spiro atoms. The zero-order valence-electron chi connectivity index (χ0n) is 9.70. The summed E-state index contributed by atoms with van der Waals surface area (Å²) < 4.78 is 0. The summed E-state index contributed by atoms with van der Waals surface area (Å²) in [4.78, 5) is 10.7. The smallest absolute Gasteiger partial charge is 0.323 e. The average molecular weight is 217 g/mol. The molecule has 0 fully saturated rings. The molecule has 0 amide bonds. The van der Waals surface area contributed by atoms with Gasteiger partial charge in [-0.3, -0.25) is 4.79 Å². The summed E-state index contributed by atoms with van der Waals surface area (Å²) in [7, 11) is 0. The number of aliphatic hydroxyl groups is 1. The van der Waals surface area contributed by atoms with E-state index in [-0.39, 0.29) is 6.10 Å². The van der Waals surface area contributed by atoms with E-state index in [0.29, 0.717) is 19.3 Å². The van der Waals surface area contributed by atoms with Gasteiger partial charge < -0.3 is 15.9 Å². The number of nitrogens with two attached hydrogens (primary N) is 1. The lowest BCUT2D eigenvalue weighted by Crippen LogP contribution is -2.44. The first-order valence-corrected chi connectivity index (χ1v) is 5.60. The van der Waals surface area contributed by atoms with Crippen molar-refractivity contribution >= 4 is 5.97 Å². The van der Waals surface area contributed by atoms with Crippen molar-refractivity contribution in [2.45, 2.75) is 64.0 Å². The highest BCUT2D eigenvalue weighted by Crippen LogP contribution is 2.14. The highest BCUT2D eigenvalue weighted by atomic mass is 16.4. The van der Waals surface area contributed by atoms with Crippen molar-refractivity contribution in [1.82, 2.24) is 0 Å². The molecule has 0 aromatic carbocycles. The topological polar surface area (TPSA) is 83.5 Å². The Morgan fingerprint density at radius 1 is 1.40 bits per heavy atom. The summed E-state index contributed by atoms with van der Waals surface area (Å²) in [6.07, 6.45) is 4.27. The van der Waals surface area contributed by atoms with Crippen molar-refractivity contribution in [2.24, 2.45) is 5.73 Å². The normalized spacial score (nSPS) is 17.1. The van der Waals surface area contributed by atoms with Gasteiger partial charge in [0, 0.05) is 0 Å². The highest BCUT2D eigenvalue weighted by molar-refractivity contribution is 5.77. The number of hydrogen-bond donors (Lipinski definition) is 3. The number of aliphatic carboxylic acids is 1. The van der Waals surface area contributed by atoms with Crippen molar-refractivity contribution in [3.63, 3.8) is 0 Å². The molecule has 0 saturated carbocycles. The summed E-state index contributed by atoms with van der Waals surface area (Å²) in [6.45, 7) is 3.59. The van der Waals surface area contributed by atoms with E-state index in [1.165, 1.54) is 6.92 Å². The molecule has 0 aromatic rings. The second-order valence-corrected chi connectivity index (χ2v) is 4.41. The lowest BCUT2D eigenvalue weighted by molar-refractivity contribution is -0.143. The van der Waals surface area contributed by atoms with Gasteiger partial charge in [0.05, 0.1) is 6.10 Å². The van der Waals surface area contributed by atoms with Crippen molar-refractivity contribution in [3.05, 3.63) is 0 Å². The van der Waals surface area contributed by atoms with Crippen LogP contribution < -0.4 is 5.73 Å². The van der Waals surface area contributed by atoms with Crippen molar-refractivity contribution < 1.29 is 15.0 Å². The van der Waals surface area contributed by atoms with Gasteiger partial charge in [-0.15, -0.1) is 0 Å². The molecule has 0 radical (unpaired) electrons. The molecule has 0 heterocycles. The number of carbonyl (C=O) groups is 1. The Bertz CT molecular complexity index is 192. The van der Waals surface area contributed by atoms with Gasteiger partial charge in [0.1, 0.15) is 5.54 Å². The molecule has 2 unspecified atom stereocenters. The second-order valence-electron chi connectivity index (χ2n) is 4.41. The third-order valence-corrected chi connectivity index (χ3v) is 2.61. The molecule has 15 heavy (non-hydrogen) atoms. The van der Waals surface area contributed by atoms with Crippen LogP contribution in [0.1, 0.15) is 52.4 Å². The van der Waals surface area contributed by atoms with Crippen LogP contribution in [0.25, 0.3) is 0 Å². The van der Waals surface area contributed by atoms with Gasteiger partial charge in [0.2, 0.25) is 0 Å². The average Bonchev–Trinajstić information content (AvgIpc) is 2.14. The Labute approximate surface area is 91.5 Å². The van der Waals surface area contributed by atoms with Crippen LogP contribution in [0.5, 0.6) is 0 Å². The van der Waals surface area contributed by atoms with Gasteiger partial charge in [-0.2, -0.15) is 0 Å². The maximum Gasteiger partial charge on any atom is 0.323 e. The Morgan fingerprint density at radius 3 is 2.40 bits per heavy atom. The fourth-order valence-corrected chi connectivity index (χ4v) is 1.40. The molecule has 4 heteroatoms. The predicted octanol–water partition coefficient (Wildman–Crippen LogP) is 1.51. The first-order chi connectivity index (χ1) is 6.90. The zero-order valence-corrected chi connectivity index (χ0v) is 9.70. The van der Waals surface area contributed by atoms with Crippen LogP contribution in [-0.2, 0) is 4.79 Å². The molecule has 0 aromatic heterocycles. The summed E-state index contributed by atoms with van der Waals surface area (Å²) in [5, 5.41) is 18.3. The molecular formula is C11H23NO3. The van der Waals surface area contributed by atoms with Crippen molar-refractivity contribution in [2.75, 3.05) is 0 Å². The number of carboxylic acids is 1. The number of hydrogen-bond acceptors (Lipinski definition) is 3. The standard InChI is InChI=1S/C11H23NO3/c1-3-4-6-9(13)7-5-8-11(2,12)10(14)15/h9,13H,3-8,12H2,1-2H3,(H,14,15). The molecule has 0 aliphatic carbocycles. The van der Waals surface area contributed by atoms with E-state index in [0.717, 1.165) is 19.3 Å². The van der Waals surface area contributed by atoms with Crippen LogP contribution in [0.15, 0.2) is 0 Å². The molecule has 0 saturated heterocycles. The molecule has 4 N–H and O–H groups in total. The summed E-state index contributed by atoms with van der Waals surface area (Å²) in [5.41, 5.74) is 4.40. The van der Waals surface area contributed by atoms with Crippen LogP contribution in [0.2, 0.25) is 0 Å². The highest BCUT2D eigenvalue weighted by Gasteiger charge is 2.27. The molecule has 0 aliphatic rings. The number of carboxylic acid groups (broad SMARTS) is 1. The minimum absolute atomic E-state index is 0.311. The van der Waals surface area contributed by atoms with Gasteiger partial charge in [0.15, 0.2) is 0 Å². The van der Waals surface area contributed by atoms with Crippen molar-refractivity contribution in [3.8, 4) is 0 Å². The predicted molar refractivity (Wildman–Crippen MR) is 59.6 cm³/mol. The lowest BCUT2D eigenvalue weighted by atomic mass is 9.94. The third kappa shape index (κ3) is 6.47. The maximum atomic E-state index is 10.7. The van der Waals surface area contributed by atoms with E-state index in [1.807, 2.05) is 0 Å². The van der Waals surface area contributed by atoms with Crippen LogP contribution in [0.4, 0.5) is 0 Å².